The third kappa shape index (κ3) is 3.92. The molecule has 0 unspecified atom stereocenters. The number of nitrogen functional groups attached to an aromatic ring is 2. The van der Waals surface area contributed by atoms with Crippen molar-refractivity contribution in [2.24, 2.45) is 5.73 Å². The van der Waals surface area contributed by atoms with Crippen LogP contribution in [0.4, 0.5) is 11.4 Å². The maximum Gasteiger partial charge on any atom is 0.350 e. The maximum atomic E-state index is 11.4. The van der Waals surface area contributed by atoms with E-state index in [4.69, 9.17) is 40.4 Å². The molecule has 29 heavy (non-hydrogen) atoms. The van der Waals surface area contributed by atoms with E-state index in [1.807, 2.05) is 0 Å². The molecule has 0 aliphatic carbocycles. The van der Waals surface area contributed by atoms with Gasteiger partial charge in [-0.2, -0.15) is 0 Å². The second-order valence-corrected chi connectivity index (χ2v) is 8.45. The van der Waals surface area contributed by atoms with Gasteiger partial charge in [-0.05, 0) is 0 Å². The minimum atomic E-state index is -0.542. The number of nitrogens with zero attached hydrogens (tertiary/aromatic N) is 2. The highest BCUT2D eigenvalue weighted by atomic mass is 35.5. The van der Waals surface area contributed by atoms with E-state index in [0.717, 1.165) is 9.40 Å². The summed E-state index contributed by atoms with van der Waals surface area (Å²) in [4.78, 5) is 30.9. The summed E-state index contributed by atoms with van der Waals surface area (Å²) >= 11 is 14.3. The lowest BCUT2D eigenvalue weighted by atomic mass is 10.2. The Hall–Kier alpha value is -2.66. The third-order valence-corrected chi connectivity index (χ3v) is 6.62. The number of halogens is 2. The Labute approximate surface area is 182 Å². The van der Waals surface area contributed by atoms with E-state index < -0.39 is 11.9 Å². The summed E-state index contributed by atoms with van der Waals surface area (Å²) in [6.07, 6.45) is 6.20. The molecule has 0 fully saturated rings. The SMILES string of the molecule is COC(=O)c1sc2cncc(Cl)c2c1N.NC(=O)c1sc2cncc(Cl)c2c1N. The number of thiophene rings is 2. The van der Waals surface area contributed by atoms with Crippen LogP contribution < -0.4 is 17.2 Å². The van der Waals surface area contributed by atoms with Crippen LogP contribution in [-0.4, -0.2) is 29.0 Å². The smallest absolute Gasteiger partial charge is 0.350 e. The van der Waals surface area contributed by atoms with Gasteiger partial charge in [-0.3, -0.25) is 14.8 Å². The van der Waals surface area contributed by atoms with Gasteiger partial charge in [0.2, 0.25) is 0 Å². The summed E-state index contributed by atoms with van der Waals surface area (Å²) < 4.78 is 6.16. The number of primary amides is 1. The number of carbonyl (C=O) groups excluding carboxylic acids is 2. The van der Waals surface area contributed by atoms with Crippen LogP contribution in [-0.2, 0) is 4.74 Å². The van der Waals surface area contributed by atoms with Crippen molar-refractivity contribution in [1.82, 2.24) is 9.97 Å². The quantitative estimate of drug-likeness (QED) is 0.376. The minimum absolute atomic E-state index is 0.329. The fraction of sp³-hybridized carbons (Fsp3) is 0.0588. The molecule has 1 amide bonds. The van der Waals surface area contributed by atoms with Gasteiger partial charge in [-0.25, -0.2) is 4.79 Å². The number of hydrogen-bond acceptors (Lipinski definition) is 9. The van der Waals surface area contributed by atoms with Gasteiger partial charge in [0.05, 0.1) is 37.9 Å². The Morgan fingerprint density at radius 3 is 1.76 bits per heavy atom. The Morgan fingerprint density at radius 1 is 0.897 bits per heavy atom. The number of aromatic nitrogens is 2. The van der Waals surface area contributed by atoms with Gasteiger partial charge in [0.25, 0.3) is 5.91 Å². The van der Waals surface area contributed by atoms with Gasteiger partial charge >= 0.3 is 5.97 Å². The van der Waals surface area contributed by atoms with Crippen molar-refractivity contribution in [3.05, 3.63) is 44.6 Å². The lowest BCUT2D eigenvalue weighted by molar-refractivity contribution is 0.0607. The monoisotopic (exact) mass is 469 g/mol. The van der Waals surface area contributed by atoms with E-state index in [2.05, 4.69) is 14.7 Å². The summed E-state index contributed by atoms with van der Waals surface area (Å²) in [7, 11) is 1.31. The van der Waals surface area contributed by atoms with Crippen LogP contribution in [0.3, 0.4) is 0 Å². The zero-order chi connectivity index (χ0) is 21.3. The van der Waals surface area contributed by atoms with Crippen molar-refractivity contribution >= 4 is 89.3 Å². The fourth-order valence-electron chi connectivity index (χ4n) is 2.50. The van der Waals surface area contributed by atoms with E-state index in [0.29, 0.717) is 41.9 Å². The molecule has 4 aromatic rings. The number of ether oxygens (including phenoxy) is 1. The lowest BCUT2D eigenvalue weighted by Gasteiger charge is -1.96. The van der Waals surface area contributed by atoms with Gasteiger partial charge in [-0.15, -0.1) is 22.7 Å². The van der Waals surface area contributed by atoms with E-state index in [9.17, 15) is 9.59 Å². The molecule has 4 rings (SSSR count). The molecule has 0 saturated heterocycles. The molecule has 0 aliphatic heterocycles. The number of carbonyl (C=O) groups is 2. The average Bonchev–Trinajstić information content (AvgIpc) is 3.21. The third-order valence-electron chi connectivity index (χ3n) is 3.78. The molecule has 6 N–H and O–H groups in total. The standard InChI is InChI=1S/C9H7ClN2O2S.C8H6ClN3OS/c1-14-9(13)8-7(11)6-4(10)2-12-3-5(6)15-8;9-3-1-12-2-4-5(3)6(10)7(14-4)8(11)13/h2-3H,11H2,1H3;1-2H,10H2,(H2,11,13). The zero-order valence-corrected chi connectivity index (χ0v) is 17.9. The summed E-state index contributed by atoms with van der Waals surface area (Å²) in [5.74, 6) is -0.996. The number of methoxy groups -OCH3 is 1. The number of nitrogens with two attached hydrogens (primary N) is 3. The molecular formula is C17H13Cl2N5O3S2. The molecule has 12 heteroatoms. The molecule has 0 radical (unpaired) electrons. The summed E-state index contributed by atoms with van der Waals surface area (Å²) in [6, 6.07) is 0. The molecule has 4 heterocycles. The molecule has 150 valence electrons. The van der Waals surface area contributed by atoms with Crippen LogP contribution >= 0.6 is 45.9 Å². The molecular weight excluding hydrogens is 457 g/mol. The molecule has 0 aliphatic rings. The molecule has 0 saturated carbocycles. The first-order valence-corrected chi connectivity index (χ1v) is 10.2. The Kier molecular flexibility index (Phi) is 6.08. The number of anilines is 2. The van der Waals surface area contributed by atoms with Gasteiger partial charge < -0.3 is 21.9 Å². The summed E-state index contributed by atoms with van der Waals surface area (Å²) in [6.45, 7) is 0. The Morgan fingerprint density at radius 2 is 1.34 bits per heavy atom. The number of hydrogen-bond donors (Lipinski definition) is 3. The highest BCUT2D eigenvalue weighted by molar-refractivity contribution is 7.22. The van der Waals surface area contributed by atoms with Crippen LogP contribution in [0, 0.1) is 0 Å². The van der Waals surface area contributed by atoms with E-state index in [1.54, 1.807) is 12.4 Å². The largest absolute Gasteiger partial charge is 0.465 e. The van der Waals surface area contributed by atoms with Crippen molar-refractivity contribution in [3.63, 3.8) is 0 Å². The first-order valence-electron chi connectivity index (χ1n) is 7.77. The number of esters is 1. The number of fused-ring (bicyclic) bond motifs is 2. The van der Waals surface area contributed by atoms with Crippen molar-refractivity contribution < 1.29 is 14.3 Å². The van der Waals surface area contributed by atoms with Crippen LogP contribution in [0.2, 0.25) is 10.0 Å². The topological polar surface area (TPSA) is 147 Å². The molecule has 0 bridgehead atoms. The summed E-state index contributed by atoms with van der Waals surface area (Å²) in [5.41, 5.74) is 17.4. The van der Waals surface area contributed by atoms with Crippen LogP contribution in [0.15, 0.2) is 24.8 Å². The molecule has 8 nitrogen and oxygen atoms in total. The molecule has 0 spiro atoms. The van der Waals surface area contributed by atoms with Crippen molar-refractivity contribution in [2.45, 2.75) is 0 Å². The van der Waals surface area contributed by atoms with E-state index in [1.165, 1.54) is 42.2 Å². The Balaban J connectivity index is 0.000000166. The first kappa shape index (κ1) is 21.1. The highest BCUT2D eigenvalue weighted by Crippen LogP contribution is 2.38. The molecule has 0 atom stereocenters. The van der Waals surface area contributed by atoms with Gasteiger partial charge in [0.15, 0.2) is 0 Å². The number of amides is 1. The van der Waals surface area contributed by atoms with Gasteiger partial charge in [0, 0.05) is 35.6 Å². The van der Waals surface area contributed by atoms with Crippen molar-refractivity contribution in [3.8, 4) is 0 Å². The maximum absolute atomic E-state index is 11.4. The summed E-state index contributed by atoms with van der Waals surface area (Å²) in [5, 5.41) is 2.19. The predicted molar refractivity (Wildman–Crippen MR) is 118 cm³/mol. The first-order chi connectivity index (χ1) is 13.8. The highest BCUT2D eigenvalue weighted by Gasteiger charge is 2.18. The van der Waals surface area contributed by atoms with Gasteiger partial charge in [-0.1, -0.05) is 23.2 Å². The van der Waals surface area contributed by atoms with Crippen molar-refractivity contribution in [1.29, 1.82) is 0 Å². The van der Waals surface area contributed by atoms with Crippen LogP contribution in [0.1, 0.15) is 19.3 Å². The lowest BCUT2D eigenvalue weighted by Crippen LogP contribution is -2.10. The second kappa shape index (κ2) is 8.37. The zero-order valence-electron chi connectivity index (χ0n) is 14.7. The number of rotatable bonds is 2. The predicted octanol–water partition coefficient (Wildman–Crippen LogP) is 3.95. The van der Waals surface area contributed by atoms with E-state index >= 15 is 0 Å². The van der Waals surface area contributed by atoms with Crippen LogP contribution in [0.5, 0.6) is 0 Å². The van der Waals surface area contributed by atoms with Gasteiger partial charge in [0.1, 0.15) is 9.75 Å². The normalized spacial score (nSPS) is 10.6. The van der Waals surface area contributed by atoms with Crippen LogP contribution in [0.25, 0.3) is 20.2 Å². The fourth-order valence-corrected chi connectivity index (χ4v) is 5.13. The minimum Gasteiger partial charge on any atom is -0.465 e. The second-order valence-electron chi connectivity index (χ2n) is 5.53. The number of pyridine rings is 2. The molecule has 0 aromatic carbocycles. The Bertz CT molecular complexity index is 1260. The molecule has 4 aromatic heterocycles. The van der Waals surface area contributed by atoms with E-state index in [-0.39, 0.29) is 0 Å². The van der Waals surface area contributed by atoms with Crippen molar-refractivity contribution in [2.75, 3.05) is 18.6 Å². The average molecular weight is 470 g/mol.